The van der Waals surface area contributed by atoms with Gasteiger partial charge in [0.15, 0.2) is 18.1 Å². The third-order valence-electron chi connectivity index (χ3n) is 2.43. The average Bonchev–Trinajstić information content (AvgIpc) is 2.37. The van der Waals surface area contributed by atoms with E-state index in [9.17, 15) is 9.90 Å². The number of aliphatic hydroxyl groups is 1. The van der Waals surface area contributed by atoms with Crippen LogP contribution in [0.3, 0.4) is 0 Å². The summed E-state index contributed by atoms with van der Waals surface area (Å²) in [5.41, 5.74) is 0.969. The third-order valence-corrected chi connectivity index (χ3v) is 2.43. The van der Waals surface area contributed by atoms with Gasteiger partial charge in [0, 0.05) is 13.1 Å². The predicted molar refractivity (Wildman–Crippen MR) is 74.1 cm³/mol. The van der Waals surface area contributed by atoms with Crippen LogP contribution in [-0.4, -0.2) is 42.0 Å². The highest BCUT2D eigenvalue weighted by atomic mass is 16.5. The smallest absolute Gasteiger partial charge is 0.341 e. The minimum atomic E-state index is -1.03. The first-order chi connectivity index (χ1) is 9.52. The van der Waals surface area contributed by atoms with Gasteiger partial charge in [-0.25, -0.2) is 4.79 Å². The van der Waals surface area contributed by atoms with Crippen LogP contribution in [-0.2, 0) is 11.3 Å². The van der Waals surface area contributed by atoms with Crippen LogP contribution in [0.5, 0.6) is 11.5 Å². The van der Waals surface area contributed by atoms with E-state index in [0.717, 1.165) is 5.56 Å². The van der Waals surface area contributed by atoms with E-state index in [1.807, 2.05) is 13.0 Å². The first kappa shape index (κ1) is 16.3. The van der Waals surface area contributed by atoms with Crippen LogP contribution in [0.1, 0.15) is 19.4 Å². The Hall–Kier alpha value is -1.79. The minimum Gasteiger partial charge on any atom is -0.490 e. The Morgan fingerprint density at radius 2 is 2.10 bits per heavy atom. The van der Waals surface area contributed by atoms with Crippen molar-refractivity contribution in [2.45, 2.75) is 26.5 Å². The van der Waals surface area contributed by atoms with Gasteiger partial charge in [0.25, 0.3) is 0 Å². The van der Waals surface area contributed by atoms with Crippen LogP contribution in [0.15, 0.2) is 18.2 Å². The standard InChI is InChI=1S/C14H21NO5/c1-3-19-13-6-11(8-15-7-10(2)16)4-5-12(13)20-9-14(17)18/h4-6,10,15-16H,3,7-9H2,1-2H3,(H,17,18)/t10-/m0/s1. The van der Waals surface area contributed by atoms with Gasteiger partial charge in [0.05, 0.1) is 12.7 Å². The number of carboxylic acids is 1. The minimum absolute atomic E-state index is 0.403. The first-order valence-corrected chi connectivity index (χ1v) is 6.52. The summed E-state index contributed by atoms with van der Waals surface area (Å²) < 4.78 is 10.6. The van der Waals surface area contributed by atoms with E-state index >= 15 is 0 Å². The lowest BCUT2D eigenvalue weighted by molar-refractivity contribution is -0.139. The molecule has 0 bridgehead atoms. The van der Waals surface area contributed by atoms with Gasteiger partial charge in [-0.1, -0.05) is 6.07 Å². The number of hydrogen-bond acceptors (Lipinski definition) is 5. The molecule has 0 spiro atoms. The average molecular weight is 283 g/mol. The highest BCUT2D eigenvalue weighted by Crippen LogP contribution is 2.28. The third kappa shape index (κ3) is 5.90. The predicted octanol–water partition coefficient (Wildman–Crippen LogP) is 1.02. The monoisotopic (exact) mass is 283 g/mol. The zero-order valence-corrected chi connectivity index (χ0v) is 11.8. The second-order valence-electron chi connectivity index (χ2n) is 4.38. The molecule has 6 heteroatoms. The molecule has 0 saturated heterocycles. The quantitative estimate of drug-likeness (QED) is 0.627. The molecule has 0 amide bonds. The first-order valence-electron chi connectivity index (χ1n) is 6.52. The van der Waals surface area contributed by atoms with Crippen molar-refractivity contribution in [3.8, 4) is 11.5 Å². The van der Waals surface area contributed by atoms with Crippen LogP contribution >= 0.6 is 0 Å². The summed E-state index contributed by atoms with van der Waals surface area (Å²) >= 11 is 0. The SMILES string of the molecule is CCOc1cc(CNC[C@H](C)O)ccc1OCC(=O)O. The van der Waals surface area contributed by atoms with Crippen LogP contribution in [0.4, 0.5) is 0 Å². The maximum atomic E-state index is 10.5. The fourth-order valence-corrected chi connectivity index (χ4v) is 1.61. The second-order valence-corrected chi connectivity index (χ2v) is 4.38. The Kier molecular flexibility index (Phi) is 6.83. The molecular formula is C14H21NO5. The molecule has 20 heavy (non-hydrogen) atoms. The van der Waals surface area contributed by atoms with Gasteiger partial charge in [-0.15, -0.1) is 0 Å². The number of hydrogen-bond donors (Lipinski definition) is 3. The van der Waals surface area contributed by atoms with Crippen molar-refractivity contribution in [2.24, 2.45) is 0 Å². The normalized spacial score (nSPS) is 11.9. The molecule has 0 aliphatic carbocycles. The molecule has 0 saturated carbocycles. The maximum Gasteiger partial charge on any atom is 0.341 e. The highest BCUT2D eigenvalue weighted by molar-refractivity contribution is 5.68. The lowest BCUT2D eigenvalue weighted by Gasteiger charge is -2.13. The van der Waals surface area contributed by atoms with E-state index in [1.165, 1.54) is 0 Å². The van der Waals surface area contributed by atoms with E-state index in [4.69, 9.17) is 14.6 Å². The fourth-order valence-electron chi connectivity index (χ4n) is 1.61. The van der Waals surface area contributed by atoms with Gasteiger partial charge in [-0.3, -0.25) is 0 Å². The molecule has 1 atom stereocenters. The Bertz CT molecular complexity index is 434. The molecule has 6 nitrogen and oxygen atoms in total. The molecule has 112 valence electrons. The largest absolute Gasteiger partial charge is 0.490 e. The van der Waals surface area contributed by atoms with Crippen molar-refractivity contribution in [3.05, 3.63) is 23.8 Å². The number of nitrogens with one attached hydrogen (secondary N) is 1. The zero-order chi connectivity index (χ0) is 15.0. The second kappa shape index (κ2) is 8.39. The lowest BCUT2D eigenvalue weighted by Crippen LogP contribution is -2.23. The summed E-state index contributed by atoms with van der Waals surface area (Å²) in [5.74, 6) is -0.103. The van der Waals surface area contributed by atoms with Gasteiger partial charge in [0.1, 0.15) is 0 Å². The van der Waals surface area contributed by atoms with E-state index in [2.05, 4.69) is 5.32 Å². The summed E-state index contributed by atoms with van der Waals surface area (Å²) in [7, 11) is 0. The molecule has 1 rings (SSSR count). The Balaban J connectivity index is 2.70. The van der Waals surface area contributed by atoms with Gasteiger partial charge in [-0.05, 0) is 31.5 Å². The van der Waals surface area contributed by atoms with Crippen LogP contribution in [0.25, 0.3) is 0 Å². The lowest BCUT2D eigenvalue weighted by atomic mass is 10.2. The van der Waals surface area contributed by atoms with Crippen molar-refractivity contribution in [1.29, 1.82) is 0 Å². The highest BCUT2D eigenvalue weighted by Gasteiger charge is 2.08. The van der Waals surface area contributed by atoms with Crippen molar-refractivity contribution < 1.29 is 24.5 Å². The van der Waals surface area contributed by atoms with E-state index in [-0.39, 0.29) is 0 Å². The number of carbonyl (C=O) groups is 1. The van der Waals surface area contributed by atoms with Gasteiger partial charge in [-0.2, -0.15) is 0 Å². The molecule has 0 heterocycles. The topological polar surface area (TPSA) is 88.0 Å². The molecule has 0 aromatic heterocycles. The summed E-state index contributed by atoms with van der Waals surface area (Å²) in [6.45, 7) is 4.71. The zero-order valence-electron chi connectivity index (χ0n) is 11.8. The number of carboxylic acid groups (broad SMARTS) is 1. The summed E-state index contributed by atoms with van der Waals surface area (Å²) in [5, 5.41) is 20.9. The van der Waals surface area contributed by atoms with Crippen LogP contribution in [0.2, 0.25) is 0 Å². The Labute approximate surface area is 118 Å². The summed E-state index contributed by atoms with van der Waals surface area (Å²) in [6, 6.07) is 5.32. The van der Waals surface area contributed by atoms with Gasteiger partial charge in [0.2, 0.25) is 0 Å². The van der Waals surface area contributed by atoms with Crippen molar-refractivity contribution in [1.82, 2.24) is 5.32 Å². The molecule has 0 fully saturated rings. The molecule has 1 aromatic rings. The molecule has 0 radical (unpaired) electrons. The molecular weight excluding hydrogens is 262 g/mol. The van der Waals surface area contributed by atoms with E-state index in [1.54, 1.807) is 19.1 Å². The van der Waals surface area contributed by atoms with Crippen LogP contribution in [0, 0.1) is 0 Å². The molecule has 0 unspecified atom stereocenters. The van der Waals surface area contributed by atoms with Crippen molar-refractivity contribution >= 4 is 5.97 Å². The number of benzene rings is 1. The van der Waals surface area contributed by atoms with E-state index in [0.29, 0.717) is 31.2 Å². The van der Waals surface area contributed by atoms with Crippen molar-refractivity contribution in [2.75, 3.05) is 19.8 Å². The number of rotatable bonds is 9. The molecule has 1 aromatic carbocycles. The van der Waals surface area contributed by atoms with E-state index < -0.39 is 18.7 Å². The number of aliphatic carboxylic acids is 1. The molecule has 3 N–H and O–H groups in total. The number of aliphatic hydroxyl groups excluding tert-OH is 1. The number of ether oxygens (including phenoxy) is 2. The fraction of sp³-hybridized carbons (Fsp3) is 0.500. The maximum absolute atomic E-state index is 10.5. The van der Waals surface area contributed by atoms with Gasteiger partial charge >= 0.3 is 5.97 Å². The molecule has 0 aliphatic rings. The molecule has 0 aliphatic heterocycles. The van der Waals surface area contributed by atoms with Crippen LogP contribution < -0.4 is 14.8 Å². The Morgan fingerprint density at radius 3 is 2.70 bits per heavy atom. The summed E-state index contributed by atoms with van der Waals surface area (Å²) in [4.78, 5) is 10.5. The summed E-state index contributed by atoms with van der Waals surface area (Å²) in [6.07, 6.45) is -0.403. The van der Waals surface area contributed by atoms with Crippen molar-refractivity contribution in [3.63, 3.8) is 0 Å². The Morgan fingerprint density at radius 1 is 1.35 bits per heavy atom. The van der Waals surface area contributed by atoms with Gasteiger partial charge < -0.3 is 25.0 Å².